The molecule has 0 unspecified atom stereocenters. The monoisotopic (exact) mass is 430 g/mol. The third-order valence-electron chi connectivity index (χ3n) is 6.20. The fraction of sp³-hybridized carbons (Fsp3) is 0.129. The van der Waals surface area contributed by atoms with E-state index in [0.29, 0.717) is 12.2 Å². The molecule has 0 aromatic heterocycles. The van der Waals surface area contributed by atoms with Gasteiger partial charge in [-0.05, 0) is 83.2 Å². The van der Waals surface area contributed by atoms with Crippen molar-refractivity contribution in [3.8, 4) is 0 Å². The molecule has 0 bridgehead atoms. The molecule has 1 aliphatic carbocycles. The summed E-state index contributed by atoms with van der Waals surface area (Å²) in [7, 11) is 0. The summed E-state index contributed by atoms with van der Waals surface area (Å²) in [6.07, 6.45) is 2.01. The largest absolute Gasteiger partial charge is 0.462 e. The molecule has 0 saturated heterocycles. The summed E-state index contributed by atoms with van der Waals surface area (Å²) in [5.41, 5.74) is 9.45. The number of ether oxygens (including phenoxy) is 1. The van der Waals surface area contributed by atoms with Gasteiger partial charge in [0, 0.05) is 0 Å². The van der Waals surface area contributed by atoms with Crippen molar-refractivity contribution in [2.45, 2.75) is 20.8 Å². The van der Waals surface area contributed by atoms with Crippen molar-refractivity contribution >= 4 is 33.5 Å². The summed E-state index contributed by atoms with van der Waals surface area (Å²) in [6.45, 7) is 6.38. The maximum Gasteiger partial charge on any atom is 0.338 e. The van der Waals surface area contributed by atoms with Crippen LogP contribution in [0, 0.1) is 13.8 Å². The fourth-order valence-electron chi connectivity index (χ4n) is 4.49. The van der Waals surface area contributed by atoms with E-state index in [0.717, 1.165) is 44.2 Å². The van der Waals surface area contributed by atoms with Crippen LogP contribution in [0.1, 0.15) is 40.3 Å². The molecule has 162 valence electrons. The average molecular weight is 431 g/mol. The second-order valence-electron chi connectivity index (χ2n) is 8.54. The molecule has 2 nitrogen and oxygen atoms in total. The van der Waals surface area contributed by atoms with Crippen molar-refractivity contribution in [3.05, 3.63) is 124 Å². The van der Waals surface area contributed by atoms with Crippen molar-refractivity contribution in [3.63, 3.8) is 0 Å². The summed E-state index contributed by atoms with van der Waals surface area (Å²) in [5, 5.41) is 2.26. The van der Waals surface area contributed by atoms with Crippen molar-refractivity contribution in [2.75, 3.05) is 6.61 Å². The van der Waals surface area contributed by atoms with Gasteiger partial charge in [-0.25, -0.2) is 4.79 Å². The average Bonchev–Trinajstić information content (AvgIpc) is 3.18. The van der Waals surface area contributed by atoms with E-state index < -0.39 is 0 Å². The molecule has 5 rings (SSSR count). The molecule has 4 aromatic carbocycles. The summed E-state index contributed by atoms with van der Waals surface area (Å²) < 4.78 is 5.44. The number of carbonyl (C=O) groups excluding carboxylic acids is 1. The lowest BCUT2D eigenvalue weighted by Crippen LogP contribution is -2.05. The van der Waals surface area contributed by atoms with E-state index in [2.05, 4.69) is 86.6 Å². The second kappa shape index (κ2) is 8.55. The van der Waals surface area contributed by atoms with Crippen LogP contribution in [0.4, 0.5) is 0 Å². The molecule has 0 amide bonds. The number of aryl methyl sites for hydroxylation is 2. The van der Waals surface area contributed by atoms with Gasteiger partial charge in [-0.1, -0.05) is 83.9 Å². The van der Waals surface area contributed by atoms with Gasteiger partial charge in [0.25, 0.3) is 0 Å². The van der Waals surface area contributed by atoms with Crippen LogP contribution in [0.2, 0.25) is 0 Å². The van der Waals surface area contributed by atoms with Crippen LogP contribution in [0.5, 0.6) is 0 Å². The van der Waals surface area contributed by atoms with E-state index >= 15 is 0 Å². The first-order valence-electron chi connectivity index (χ1n) is 11.4. The van der Waals surface area contributed by atoms with Gasteiger partial charge < -0.3 is 4.74 Å². The van der Waals surface area contributed by atoms with Gasteiger partial charge in [0.2, 0.25) is 0 Å². The van der Waals surface area contributed by atoms with E-state index in [9.17, 15) is 4.79 Å². The molecule has 0 fully saturated rings. The van der Waals surface area contributed by atoms with E-state index in [1.165, 1.54) is 11.1 Å². The highest BCUT2D eigenvalue weighted by Crippen LogP contribution is 2.44. The topological polar surface area (TPSA) is 26.3 Å². The SMILES string of the molecule is CCOC(=O)C1=CC(=C(c2ccc(C)cc2)c2ccc(C)cc2)c2cc3ccccc3cc21. The molecular formula is C31H26O2. The third kappa shape index (κ3) is 3.89. The smallest absolute Gasteiger partial charge is 0.338 e. The minimum Gasteiger partial charge on any atom is -0.462 e. The molecule has 0 spiro atoms. The first-order chi connectivity index (χ1) is 16.0. The summed E-state index contributed by atoms with van der Waals surface area (Å²) >= 11 is 0. The zero-order valence-electron chi connectivity index (χ0n) is 19.2. The van der Waals surface area contributed by atoms with Crippen LogP contribution >= 0.6 is 0 Å². The molecular weight excluding hydrogens is 404 g/mol. The number of fused-ring (bicyclic) bond motifs is 2. The molecule has 4 aromatic rings. The highest BCUT2D eigenvalue weighted by molar-refractivity contribution is 6.26. The van der Waals surface area contributed by atoms with Gasteiger partial charge in [-0.15, -0.1) is 0 Å². The summed E-state index contributed by atoms with van der Waals surface area (Å²) in [5.74, 6) is -0.281. The first kappa shape index (κ1) is 21.0. The van der Waals surface area contributed by atoms with E-state index in [1.807, 2.05) is 25.1 Å². The van der Waals surface area contributed by atoms with Crippen LogP contribution in [0.25, 0.3) is 27.5 Å². The Morgan fingerprint density at radius 3 is 1.76 bits per heavy atom. The highest BCUT2D eigenvalue weighted by Gasteiger charge is 2.28. The Hall–Kier alpha value is -3.91. The van der Waals surface area contributed by atoms with Crippen molar-refractivity contribution in [1.29, 1.82) is 0 Å². The number of hydrogen-bond donors (Lipinski definition) is 0. The molecule has 0 N–H and O–H groups in total. The summed E-state index contributed by atoms with van der Waals surface area (Å²) in [4.78, 5) is 13.0. The molecule has 0 aliphatic heterocycles. The van der Waals surface area contributed by atoms with Crippen molar-refractivity contribution in [1.82, 2.24) is 0 Å². The van der Waals surface area contributed by atoms with Gasteiger partial charge in [-0.3, -0.25) is 0 Å². The van der Waals surface area contributed by atoms with Crippen LogP contribution in [-0.2, 0) is 9.53 Å². The van der Waals surface area contributed by atoms with Gasteiger partial charge >= 0.3 is 5.97 Å². The normalized spacial score (nSPS) is 12.5. The molecule has 0 heterocycles. The number of allylic oxidation sites excluding steroid dienone is 2. The number of rotatable bonds is 4. The molecule has 33 heavy (non-hydrogen) atoms. The molecule has 0 radical (unpaired) electrons. The van der Waals surface area contributed by atoms with Crippen LogP contribution in [0.3, 0.4) is 0 Å². The zero-order valence-corrected chi connectivity index (χ0v) is 19.2. The minimum absolute atomic E-state index is 0.281. The third-order valence-corrected chi connectivity index (χ3v) is 6.20. The quantitative estimate of drug-likeness (QED) is 0.316. The Bertz CT molecular complexity index is 1370. The Morgan fingerprint density at radius 1 is 0.727 bits per heavy atom. The Morgan fingerprint density at radius 2 is 1.24 bits per heavy atom. The standard InChI is InChI=1S/C31H26O2/c1-4-33-31(32)29-19-28(26-17-24-7-5-6-8-25(24)18-27(26)29)30(22-13-9-20(2)10-14-22)23-15-11-21(3)12-16-23/h5-19H,4H2,1-3H3. The number of esters is 1. The summed E-state index contributed by atoms with van der Waals surface area (Å²) in [6, 6.07) is 29.8. The lowest BCUT2D eigenvalue weighted by Gasteiger charge is -2.15. The van der Waals surface area contributed by atoms with Gasteiger partial charge in [0.05, 0.1) is 12.2 Å². The second-order valence-corrected chi connectivity index (χ2v) is 8.54. The number of benzene rings is 4. The first-order valence-corrected chi connectivity index (χ1v) is 11.4. The van der Waals surface area contributed by atoms with Gasteiger partial charge in [0.1, 0.15) is 0 Å². The van der Waals surface area contributed by atoms with E-state index in [4.69, 9.17) is 4.74 Å². The van der Waals surface area contributed by atoms with Gasteiger partial charge in [-0.2, -0.15) is 0 Å². The van der Waals surface area contributed by atoms with Crippen molar-refractivity contribution in [2.24, 2.45) is 0 Å². The fourth-order valence-corrected chi connectivity index (χ4v) is 4.49. The highest BCUT2D eigenvalue weighted by atomic mass is 16.5. The van der Waals surface area contributed by atoms with Crippen LogP contribution in [-0.4, -0.2) is 12.6 Å². The zero-order chi connectivity index (χ0) is 22.9. The predicted octanol–water partition coefficient (Wildman–Crippen LogP) is 7.38. The van der Waals surface area contributed by atoms with E-state index in [-0.39, 0.29) is 5.97 Å². The molecule has 0 saturated carbocycles. The lowest BCUT2D eigenvalue weighted by molar-refractivity contribution is -0.136. The molecule has 1 aliphatic rings. The maximum absolute atomic E-state index is 13.0. The predicted molar refractivity (Wildman–Crippen MR) is 137 cm³/mol. The molecule has 0 atom stereocenters. The van der Waals surface area contributed by atoms with E-state index in [1.54, 1.807) is 0 Å². The van der Waals surface area contributed by atoms with Crippen LogP contribution in [0.15, 0.2) is 91.0 Å². The molecule has 2 heteroatoms. The lowest BCUT2D eigenvalue weighted by atomic mass is 9.89. The Labute approximate surface area is 194 Å². The Kier molecular flexibility index (Phi) is 5.43. The maximum atomic E-state index is 13.0. The van der Waals surface area contributed by atoms with Crippen LogP contribution < -0.4 is 0 Å². The van der Waals surface area contributed by atoms with Gasteiger partial charge in [0.15, 0.2) is 0 Å². The Balaban J connectivity index is 1.85. The number of carbonyl (C=O) groups is 1. The number of hydrogen-bond acceptors (Lipinski definition) is 2. The van der Waals surface area contributed by atoms with Crippen molar-refractivity contribution < 1.29 is 9.53 Å². The minimum atomic E-state index is -0.281.